The number of carbonyl (C=O) groups is 2. The number of nitro benzene ring substituents is 1. The molecule has 0 bridgehead atoms. The van der Waals surface area contributed by atoms with Gasteiger partial charge >= 0.3 is 0 Å². The first-order valence-electron chi connectivity index (χ1n) is 12.4. The van der Waals surface area contributed by atoms with Crippen LogP contribution >= 0.6 is 0 Å². The van der Waals surface area contributed by atoms with Crippen LogP contribution in [0.3, 0.4) is 0 Å². The van der Waals surface area contributed by atoms with Gasteiger partial charge in [-0.25, -0.2) is 4.90 Å². The highest BCUT2D eigenvalue weighted by molar-refractivity contribution is 6.43. The van der Waals surface area contributed by atoms with Gasteiger partial charge < -0.3 is 5.32 Å². The number of nitrogens with one attached hydrogen (secondary N) is 1. The molecule has 2 aliphatic rings. The number of nitro groups is 1. The minimum Gasteiger partial charge on any atom is -0.354 e. The highest BCUT2D eigenvalue weighted by Crippen LogP contribution is 2.42. The summed E-state index contributed by atoms with van der Waals surface area (Å²) in [6.07, 6.45) is 3.78. The number of carbonyl (C=O) groups excluding carboxylic acids is 2. The van der Waals surface area contributed by atoms with E-state index in [2.05, 4.69) is 22.3 Å². The van der Waals surface area contributed by atoms with Crippen LogP contribution in [0.2, 0.25) is 0 Å². The SMILES string of the molecule is CC(=O)N1C(=O)/C(=C(\Nc2ccc(CN3CCCCC3)cc2)c2ccccc2)c2ccc([N+](=O)[O-])cc21. The number of amides is 2. The molecule has 2 amide bonds. The molecule has 3 aromatic rings. The molecule has 5 rings (SSSR count). The molecule has 1 saturated heterocycles. The van der Waals surface area contributed by atoms with Crippen molar-refractivity contribution in [3.05, 3.63) is 99.6 Å². The second-order valence-electron chi connectivity index (χ2n) is 9.39. The molecule has 1 N–H and O–H groups in total. The smallest absolute Gasteiger partial charge is 0.271 e. The Labute approximate surface area is 215 Å². The standard InChI is InChI=1S/C29H28N4O4/c1-20(34)32-26-18-24(33(36)37)14-15-25(26)27(29(32)35)28(22-8-4-2-5-9-22)30-23-12-10-21(11-13-23)19-31-16-6-3-7-17-31/h2,4-5,8-15,18,30H,3,6-7,16-17,19H2,1H3/b28-27-. The number of hydrogen-bond acceptors (Lipinski definition) is 6. The first kappa shape index (κ1) is 24.4. The Kier molecular flexibility index (Phi) is 6.83. The van der Waals surface area contributed by atoms with E-state index >= 15 is 0 Å². The molecule has 188 valence electrons. The highest BCUT2D eigenvalue weighted by atomic mass is 16.6. The molecule has 37 heavy (non-hydrogen) atoms. The number of nitrogens with zero attached hydrogens (tertiary/aromatic N) is 3. The maximum atomic E-state index is 13.6. The number of imide groups is 1. The van der Waals surface area contributed by atoms with E-state index in [1.807, 2.05) is 42.5 Å². The van der Waals surface area contributed by atoms with Gasteiger partial charge in [0.1, 0.15) is 0 Å². The third kappa shape index (κ3) is 5.01. The van der Waals surface area contributed by atoms with Gasteiger partial charge in [-0.1, -0.05) is 48.9 Å². The Balaban J connectivity index is 1.55. The van der Waals surface area contributed by atoms with E-state index in [9.17, 15) is 19.7 Å². The predicted molar refractivity (Wildman–Crippen MR) is 144 cm³/mol. The molecule has 0 atom stereocenters. The lowest BCUT2D eigenvalue weighted by Gasteiger charge is -2.26. The van der Waals surface area contributed by atoms with Crippen LogP contribution in [0.15, 0.2) is 72.8 Å². The summed E-state index contributed by atoms with van der Waals surface area (Å²) < 4.78 is 0. The van der Waals surface area contributed by atoms with E-state index in [4.69, 9.17) is 0 Å². The fourth-order valence-corrected chi connectivity index (χ4v) is 5.02. The van der Waals surface area contributed by atoms with E-state index in [0.29, 0.717) is 16.8 Å². The highest BCUT2D eigenvalue weighted by Gasteiger charge is 2.38. The molecule has 0 unspecified atom stereocenters. The summed E-state index contributed by atoms with van der Waals surface area (Å²) in [5.41, 5.74) is 4.12. The van der Waals surface area contributed by atoms with Gasteiger partial charge in [0.25, 0.3) is 11.6 Å². The van der Waals surface area contributed by atoms with Crippen molar-refractivity contribution in [1.29, 1.82) is 0 Å². The Morgan fingerprint density at radius 1 is 0.973 bits per heavy atom. The number of hydrogen-bond donors (Lipinski definition) is 1. The molecular formula is C29H28N4O4. The molecule has 2 heterocycles. The Morgan fingerprint density at radius 3 is 2.32 bits per heavy atom. The van der Waals surface area contributed by atoms with Crippen LogP contribution in [0.1, 0.15) is 42.9 Å². The maximum absolute atomic E-state index is 13.6. The zero-order valence-corrected chi connectivity index (χ0v) is 20.6. The van der Waals surface area contributed by atoms with Crippen LogP contribution in [0.4, 0.5) is 17.1 Å². The molecule has 0 aromatic heterocycles. The Bertz CT molecular complexity index is 1380. The van der Waals surface area contributed by atoms with Crippen LogP contribution in [0.5, 0.6) is 0 Å². The van der Waals surface area contributed by atoms with Crippen LogP contribution in [-0.4, -0.2) is 34.7 Å². The predicted octanol–water partition coefficient (Wildman–Crippen LogP) is 5.45. The zero-order chi connectivity index (χ0) is 25.9. The van der Waals surface area contributed by atoms with Crippen LogP contribution in [0, 0.1) is 10.1 Å². The van der Waals surface area contributed by atoms with E-state index in [1.54, 1.807) is 0 Å². The van der Waals surface area contributed by atoms with Gasteiger partial charge in [-0.3, -0.25) is 24.6 Å². The van der Waals surface area contributed by atoms with Crippen molar-refractivity contribution in [3.8, 4) is 0 Å². The summed E-state index contributed by atoms with van der Waals surface area (Å²) in [5, 5.41) is 14.8. The molecule has 8 nitrogen and oxygen atoms in total. The van der Waals surface area contributed by atoms with Crippen LogP contribution < -0.4 is 10.2 Å². The van der Waals surface area contributed by atoms with Gasteiger partial charge in [0.05, 0.1) is 21.9 Å². The van der Waals surface area contributed by atoms with Gasteiger partial charge in [0, 0.05) is 36.9 Å². The second kappa shape index (κ2) is 10.4. The van der Waals surface area contributed by atoms with Crippen molar-refractivity contribution in [3.63, 3.8) is 0 Å². The normalized spacial score (nSPS) is 16.9. The summed E-state index contributed by atoms with van der Waals surface area (Å²) in [4.78, 5) is 40.4. The van der Waals surface area contributed by atoms with E-state index in [-0.39, 0.29) is 11.4 Å². The fourth-order valence-electron chi connectivity index (χ4n) is 5.02. The quantitative estimate of drug-likeness (QED) is 0.277. The summed E-state index contributed by atoms with van der Waals surface area (Å²) in [5.74, 6) is -1.02. The average molecular weight is 497 g/mol. The lowest BCUT2D eigenvalue weighted by molar-refractivity contribution is -0.384. The first-order valence-corrected chi connectivity index (χ1v) is 12.4. The summed E-state index contributed by atoms with van der Waals surface area (Å²) >= 11 is 0. The van der Waals surface area contributed by atoms with Crippen LogP contribution in [0.25, 0.3) is 11.3 Å². The minimum atomic E-state index is -0.535. The van der Waals surface area contributed by atoms with E-state index < -0.39 is 16.7 Å². The molecule has 2 aliphatic heterocycles. The van der Waals surface area contributed by atoms with Gasteiger partial charge in [0.2, 0.25) is 5.91 Å². The minimum absolute atomic E-state index is 0.183. The fraction of sp³-hybridized carbons (Fsp3) is 0.241. The number of non-ortho nitro benzene ring substituents is 1. The lowest BCUT2D eigenvalue weighted by atomic mass is 9.99. The van der Waals surface area contributed by atoms with E-state index in [0.717, 1.165) is 35.8 Å². The van der Waals surface area contributed by atoms with Crippen molar-refractivity contribution in [2.75, 3.05) is 23.3 Å². The van der Waals surface area contributed by atoms with Crippen LogP contribution in [-0.2, 0) is 16.1 Å². The van der Waals surface area contributed by atoms with Gasteiger partial charge in [-0.2, -0.15) is 0 Å². The molecule has 0 aliphatic carbocycles. The van der Waals surface area contributed by atoms with Crippen molar-refractivity contribution in [2.45, 2.75) is 32.7 Å². The van der Waals surface area contributed by atoms with Gasteiger partial charge in [0.15, 0.2) is 0 Å². The number of rotatable bonds is 6. The number of piperidine rings is 1. The monoisotopic (exact) mass is 496 g/mol. The lowest BCUT2D eigenvalue weighted by Crippen LogP contribution is -2.31. The van der Waals surface area contributed by atoms with Gasteiger partial charge in [-0.05, 0) is 55.3 Å². The van der Waals surface area contributed by atoms with Crippen molar-refractivity contribution >= 4 is 40.1 Å². The Hall–Kier alpha value is -4.30. The Morgan fingerprint density at radius 2 is 1.68 bits per heavy atom. The van der Waals surface area contributed by atoms with Gasteiger partial charge in [-0.15, -0.1) is 0 Å². The summed E-state index contributed by atoms with van der Waals surface area (Å²) in [6.45, 7) is 4.43. The molecule has 0 radical (unpaired) electrons. The molecule has 8 heteroatoms. The third-order valence-corrected chi connectivity index (χ3v) is 6.82. The molecule has 0 spiro atoms. The number of anilines is 2. The van der Waals surface area contributed by atoms with Crippen molar-refractivity contribution < 1.29 is 14.5 Å². The second-order valence-corrected chi connectivity index (χ2v) is 9.39. The largest absolute Gasteiger partial charge is 0.354 e. The zero-order valence-electron chi connectivity index (χ0n) is 20.6. The molecule has 0 saturated carbocycles. The molecule has 1 fully saturated rings. The summed E-state index contributed by atoms with van der Waals surface area (Å²) in [7, 11) is 0. The average Bonchev–Trinajstić information content (AvgIpc) is 3.20. The maximum Gasteiger partial charge on any atom is 0.271 e. The number of likely N-dealkylation sites (tertiary alicyclic amines) is 1. The van der Waals surface area contributed by atoms with Crippen molar-refractivity contribution in [1.82, 2.24) is 4.90 Å². The topological polar surface area (TPSA) is 95.8 Å². The molecular weight excluding hydrogens is 468 g/mol. The van der Waals surface area contributed by atoms with E-state index in [1.165, 1.54) is 49.9 Å². The van der Waals surface area contributed by atoms with Crippen molar-refractivity contribution in [2.24, 2.45) is 0 Å². The molecule has 3 aromatic carbocycles. The third-order valence-electron chi connectivity index (χ3n) is 6.82. The first-order chi connectivity index (χ1) is 17.9. The number of fused-ring (bicyclic) bond motifs is 1. The summed E-state index contributed by atoms with van der Waals surface area (Å²) in [6, 6.07) is 21.7. The number of benzene rings is 3.